The third-order valence-corrected chi connectivity index (χ3v) is 0.614. The first-order chi connectivity index (χ1) is 3.77. The molecule has 0 aromatic heterocycles. The van der Waals surface area contributed by atoms with Crippen molar-refractivity contribution in [1.29, 1.82) is 0 Å². The van der Waals surface area contributed by atoms with Gasteiger partial charge in [-0.2, -0.15) is 0 Å². The number of carboxylic acids is 1. The summed E-state index contributed by atoms with van der Waals surface area (Å²) in [6.07, 6.45) is 1.79. The molecular formula is C5H7AgFO2. The third kappa shape index (κ3) is 11.4. The van der Waals surface area contributed by atoms with Crippen LogP contribution in [0.4, 0.5) is 4.39 Å². The number of halogens is 1. The molecule has 0 aromatic rings. The fraction of sp³-hybridized carbons (Fsp3) is 0.400. The van der Waals surface area contributed by atoms with Crippen LogP contribution in [0.3, 0.4) is 0 Å². The minimum absolute atomic E-state index is 0. The third-order valence-electron chi connectivity index (χ3n) is 0.614. The summed E-state index contributed by atoms with van der Waals surface area (Å²) in [5, 5.41) is 7.98. The molecule has 0 aromatic carbocycles. The zero-order valence-corrected chi connectivity index (χ0v) is 6.09. The van der Waals surface area contributed by atoms with Crippen molar-refractivity contribution in [3.63, 3.8) is 0 Å². The molecule has 1 radical (unpaired) electrons. The van der Waals surface area contributed by atoms with Gasteiger partial charge in [0, 0.05) is 28.8 Å². The van der Waals surface area contributed by atoms with Gasteiger partial charge in [0.05, 0.1) is 6.33 Å². The Hall–Kier alpha value is -0.120. The number of carbonyl (C=O) groups is 1. The molecule has 0 aliphatic carbocycles. The van der Waals surface area contributed by atoms with E-state index in [2.05, 4.69) is 0 Å². The Balaban J connectivity index is 0. The van der Waals surface area contributed by atoms with Gasteiger partial charge in [-0.1, -0.05) is 6.08 Å². The van der Waals surface area contributed by atoms with Crippen molar-refractivity contribution in [3.8, 4) is 0 Å². The van der Waals surface area contributed by atoms with Gasteiger partial charge in [0.2, 0.25) is 0 Å². The van der Waals surface area contributed by atoms with E-state index in [1.807, 2.05) is 0 Å². The Labute approximate surface area is 68.3 Å². The predicted octanol–water partition coefficient (Wildman–Crippen LogP) is 1.33. The molecule has 0 rings (SSSR count). The zero-order valence-electron chi connectivity index (χ0n) is 4.60. The molecule has 0 spiro atoms. The van der Waals surface area contributed by atoms with Gasteiger partial charge in [0.1, 0.15) is 0 Å². The molecule has 9 heavy (non-hydrogen) atoms. The predicted molar refractivity (Wildman–Crippen MR) is 27.1 cm³/mol. The molecule has 4 heteroatoms. The number of aliphatic carboxylic acids is 1. The SMILES string of the molecule is O=C(O)CCC=CF.[Ag]. The summed E-state index contributed by atoms with van der Waals surface area (Å²) in [6.45, 7) is 0. The van der Waals surface area contributed by atoms with Crippen LogP contribution in [-0.4, -0.2) is 11.1 Å². The van der Waals surface area contributed by atoms with Crippen LogP contribution in [0.1, 0.15) is 12.8 Å². The topological polar surface area (TPSA) is 37.3 Å². The van der Waals surface area contributed by atoms with E-state index in [0.29, 0.717) is 6.33 Å². The summed E-state index contributed by atoms with van der Waals surface area (Å²) < 4.78 is 11.1. The Morgan fingerprint density at radius 2 is 2.22 bits per heavy atom. The quantitative estimate of drug-likeness (QED) is 0.737. The van der Waals surface area contributed by atoms with Gasteiger partial charge >= 0.3 is 5.97 Å². The summed E-state index contributed by atoms with van der Waals surface area (Å²) in [7, 11) is 0. The van der Waals surface area contributed by atoms with E-state index in [4.69, 9.17) is 5.11 Å². The fourth-order valence-electron chi connectivity index (χ4n) is 0.270. The molecule has 0 aliphatic rings. The van der Waals surface area contributed by atoms with Crippen molar-refractivity contribution in [3.05, 3.63) is 12.4 Å². The maximum Gasteiger partial charge on any atom is 0.303 e. The van der Waals surface area contributed by atoms with Crippen LogP contribution in [-0.2, 0) is 27.2 Å². The number of allylic oxidation sites excluding steroid dienone is 1. The van der Waals surface area contributed by atoms with Gasteiger partial charge in [-0.05, 0) is 6.42 Å². The van der Waals surface area contributed by atoms with Crippen LogP contribution in [0.25, 0.3) is 0 Å². The van der Waals surface area contributed by atoms with E-state index < -0.39 is 5.97 Å². The van der Waals surface area contributed by atoms with Crippen molar-refractivity contribution >= 4 is 5.97 Å². The number of rotatable bonds is 3. The largest absolute Gasteiger partial charge is 0.481 e. The van der Waals surface area contributed by atoms with Crippen LogP contribution < -0.4 is 0 Å². The molecule has 0 bridgehead atoms. The fourth-order valence-corrected chi connectivity index (χ4v) is 0.270. The molecule has 0 unspecified atom stereocenters. The van der Waals surface area contributed by atoms with Crippen LogP contribution in [0.5, 0.6) is 0 Å². The Morgan fingerprint density at radius 1 is 1.67 bits per heavy atom. The van der Waals surface area contributed by atoms with Gasteiger partial charge in [-0.3, -0.25) is 4.79 Å². The van der Waals surface area contributed by atoms with Crippen molar-refractivity contribution < 1.29 is 36.7 Å². The second-order valence-electron chi connectivity index (χ2n) is 1.29. The summed E-state index contributed by atoms with van der Waals surface area (Å²) in [6, 6.07) is 0. The van der Waals surface area contributed by atoms with Crippen molar-refractivity contribution in [2.45, 2.75) is 12.8 Å². The van der Waals surface area contributed by atoms with E-state index in [0.717, 1.165) is 0 Å². The minimum atomic E-state index is -0.900. The average molecular weight is 226 g/mol. The maximum absolute atomic E-state index is 11.1. The smallest absolute Gasteiger partial charge is 0.303 e. The molecule has 0 saturated heterocycles. The maximum atomic E-state index is 11.1. The first-order valence-electron chi connectivity index (χ1n) is 2.24. The van der Waals surface area contributed by atoms with E-state index in [1.165, 1.54) is 6.08 Å². The van der Waals surface area contributed by atoms with Crippen LogP contribution in [0.2, 0.25) is 0 Å². The number of hydrogen-bond acceptors (Lipinski definition) is 1. The van der Waals surface area contributed by atoms with Gasteiger partial charge in [-0.25, -0.2) is 4.39 Å². The van der Waals surface area contributed by atoms with Crippen LogP contribution in [0, 0.1) is 0 Å². The monoisotopic (exact) mass is 225 g/mol. The van der Waals surface area contributed by atoms with Crippen LogP contribution in [0.15, 0.2) is 12.4 Å². The molecule has 0 atom stereocenters. The Bertz CT molecular complexity index is 103. The van der Waals surface area contributed by atoms with Gasteiger partial charge in [0.15, 0.2) is 0 Å². The Morgan fingerprint density at radius 3 is 2.56 bits per heavy atom. The number of carboxylic acid groups (broad SMARTS) is 1. The molecule has 0 saturated carbocycles. The van der Waals surface area contributed by atoms with Gasteiger partial charge in [-0.15, -0.1) is 0 Å². The van der Waals surface area contributed by atoms with E-state index in [1.54, 1.807) is 0 Å². The molecule has 1 N–H and O–H groups in total. The van der Waals surface area contributed by atoms with Crippen LogP contribution >= 0.6 is 0 Å². The van der Waals surface area contributed by atoms with E-state index in [-0.39, 0.29) is 35.2 Å². The first-order valence-corrected chi connectivity index (χ1v) is 2.24. The second-order valence-corrected chi connectivity index (χ2v) is 1.29. The van der Waals surface area contributed by atoms with E-state index in [9.17, 15) is 9.18 Å². The van der Waals surface area contributed by atoms with Crippen molar-refractivity contribution in [2.24, 2.45) is 0 Å². The van der Waals surface area contributed by atoms with Gasteiger partial charge in [0.25, 0.3) is 0 Å². The molecule has 57 valence electrons. The van der Waals surface area contributed by atoms with Gasteiger partial charge < -0.3 is 5.11 Å². The molecule has 0 fully saturated rings. The molecular weight excluding hydrogens is 219 g/mol. The minimum Gasteiger partial charge on any atom is -0.481 e. The normalized spacial score (nSPS) is 9.00. The molecule has 2 nitrogen and oxygen atoms in total. The average Bonchev–Trinajstić information content (AvgIpc) is 1.66. The van der Waals surface area contributed by atoms with E-state index >= 15 is 0 Å². The summed E-state index contributed by atoms with van der Waals surface area (Å²) >= 11 is 0. The summed E-state index contributed by atoms with van der Waals surface area (Å²) in [4.78, 5) is 9.72. The summed E-state index contributed by atoms with van der Waals surface area (Å²) in [5.41, 5.74) is 0. The summed E-state index contributed by atoms with van der Waals surface area (Å²) in [5.74, 6) is -0.900. The standard InChI is InChI=1S/C5H7FO2.Ag/c6-4-2-1-3-5(7)8;/h2,4H,1,3H2,(H,7,8);. The first kappa shape index (κ1) is 11.6. The zero-order chi connectivity index (χ0) is 6.41. The number of hydrogen-bond donors (Lipinski definition) is 1. The molecule has 0 heterocycles. The van der Waals surface area contributed by atoms with Crippen molar-refractivity contribution in [1.82, 2.24) is 0 Å². The molecule has 0 amide bonds. The Kier molecular flexibility index (Phi) is 10.2. The van der Waals surface area contributed by atoms with Crippen molar-refractivity contribution in [2.75, 3.05) is 0 Å². The second kappa shape index (κ2) is 7.88. The molecule has 0 aliphatic heterocycles.